The number of hydrogen-bond donors (Lipinski definition) is 2. The zero-order valence-electron chi connectivity index (χ0n) is 12.7. The van der Waals surface area contributed by atoms with Gasteiger partial charge in [0.2, 0.25) is 5.91 Å². The van der Waals surface area contributed by atoms with Crippen LogP contribution in [0.4, 0.5) is 0 Å². The fraction of sp³-hybridized carbons (Fsp3) is 0.588. The number of nitrogens with one attached hydrogen (secondary N) is 2. The Bertz CT molecular complexity index is 509. The summed E-state index contributed by atoms with van der Waals surface area (Å²) in [5, 5.41) is 6.47. The van der Waals surface area contributed by atoms with Crippen LogP contribution in [0.2, 0.25) is 0 Å². The summed E-state index contributed by atoms with van der Waals surface area (Å²) in [6.07, 6.45) is 3.37. The van der Waals surface area contributed by atoms with Gasteiger partial charge in [-0.2, -0.15) is 0 Å². The van der Waals surface area contributed by atoms with E-state index in [1.165, 1.54) is 0 Å². The van der Waals surface area contributed by atoms with Gasteiger partial charge in [0.15, 0.2) is 0 Å². The molecule has 21 heavy (non-hydrogen) atoms. The minimum atomic E-state index is 0.231. The highest BCUT2D eigenvalue weighted by Crippen LogP contribution is 2.58. The Labute approximate surface area is 126 Å². The molecular weight excluding hydrogens is 264 g/mol. The Balaban J connectivity index is 1.51. The van der Waals surface area contributed by atoms with Crippen LogP contribution in [0.5, 0.6) is 0 Å². The van der Waals surface area contributed by atoms with Crippen molar-refractivity contribution in [2.24, 2.45) is 11.3 Å². The summed E-state index contributed by atoms with van der Waals surface area (Å²) in [6.45, 7) is 3.34. The minimum absolute atomic E-state index is 0.231. The standard InChI is InChI=1S/C17H24N2O2/c1-21-12-14-4-2-3-13(9-14)11-19-16(20)15-10-17(15)5-7-18-8-6-17/h2-4,9,15,18H,5-8,10-12H2,1H3,(H,19,20). The molecule has 0 radical (unpaired) electrons. The molecule has 1 spiro atoms. The summed E-state index contributed by atoms with van der Waals surface area (Å²) in [5.74, 6) is 0.468. The van der Waals surface area contributed by atoms with E-state index in [0.29, 0.717) is 18.6 Å². The average Bonchev–Trinajstić information content (AvgIpc) is 3.20. The van der Waals surface area contributed by atoms with Gasteiger partial charge >= 0.3 is 0 Å². The van der Waals surface area contributed by atoms with Crippen LogP contribution in [0.25, 0.3) is 0 Å². The van der Waals surface area contributed by atoms with Crippen LogP contribution in [-0.2, 0) is 22.7 Å². The summed E-state index contributed by atoms with van der Waals surface area (Å²) >= 11 is 0. The molecule has 2 N–H and O–H groups in total. The van der Waals surface area contributed by atoms with E-state index in [1.54, 1.807) is 7.11 Å². The fourth-order valence-electron chi connectivity index (χ4n) is 3.50. The van der Waals surface area contributed by atoms with Crippen molar-refractivity contribution in [3.05, 3.63) is 35.4 Å². The highest BCUT2D eigenvalue weighted by atomic mass is 16.5. The Morgan fingerprint density at radius 1 is 1.38 bits per heavy atom. The quantitative estimate of drug-likeness (QED) is 0.869. The molecule has 4 heteroatoms. The number of methoxy groups -OCH3 is 1. The van der Waals surface area contributed by atoms with Crippen molar-refractivity contribution in [1.82, 2.24) is 10.6 Å². The van der Waals surface area contributed by atoms with Gasteiger partial charge in [-0.3, -0.25) is 4.79 Å². The first-order valence-corrected chi connectivity index (χ1v) is 7.79. The van der Waals surface area contributed by atoms with Gasteiger partial charge in [0.05, 0.1) is 6.61 Å². The van der Waals surface area contributed by atoms with Crippen LogP contribution >= 0.6 is 0 Å². The first kappa shape index (κ1) is 14.5. The number of ether oxygens (including phenoxy) is 1. The maximum atomic E-state index is 12.3. The number of piperidine rings is 1. The number of carbonyl (C=O) groups excluding carboxylic acids is 1. The number of amides is 1. The van der Waals surface area contributed by atoms with Gasteiger partial charge in [-0.05, 0) is 48.9 Å². The van der Waals surface area contributed by atoms with E-state index in [1.807, 2.05) is 18.2 Å². The van der Waals surface area contributed by atoms with Gasteiger partial charge < -0.3 is 15.4 Å². The van der Waals surface area contributed by atoms with Crippen LogP contribution in [-0.4, -0.2) is 26.1 Å². The third-order valence-electron chi connectivity index (χ3n) is 4.87. The van der Waals surface area contributed by atoms with E-state index in [2.05, 4.69) is 16.7 Å². The zero-order valence-corrected chi connectivity index (χ0v) is 12.7. The summed E-state index contributed by atoms with van der Waals surface area (Å²) in [5.41, 5.74) is 2.59. The van der Waals surface area contributed by atoms with Crippen LogP contribution < -0.4 is 10.6 Å². The lowest BCUT2D eigenvalue weighted by Gasteiger charge is -2.23. The Kier molecular flexibility index (Phi) is 4.27. The third-order valence-corrected chi connectivity index (χ3v) is 4.87. The Morgan fingerprint density at radius 3 is 2.90 bits per heavy atom. The molecule has 1 amide bonds. The maximum absolute atomic E-state index is 12.3. The van der Waals surface area contributed by atoms with Crippen molar-refractivity contribution in [3.8, 4) is 0 Å². The second-order valence-electron chi connectivity index (χ2n) is 6.34. The van der Waals surface area contributed by atoms with E-state index in [0.717, 1.165) is 43.5 Å². The number of carbonyl (C=O) groups is 1. The van der Waals surface area contributed by atoms with Crippen LogP contribution in [0.15, 0.2) is 24.3 Å². The van der Waals surface area contributed by atoms with Crippen LogP contribution in [0, 0.1) is 11.3 Å². The van der Waals surface area contributed by atoms with Gasteiger partial charge in [0, 0.05) is 19.6 Å². The maximum Gasteiger partial charge on any atom is 0.223 e. The monoisotopic (exact) mass is 288 g/mol. The van der Waals surface area contributed by atoms with Crippen molar-refractivity contribution >= 4 is 5.91 Å². The van der Waals surface area contributed by atoms with E-state index >= 15 is 0 Å². The topological polar surface area (TPSA) is 50.4 Å². The largest absolute Gasteiger partial charge is 0.380 e. The second-order valence-corrected chi connectivity index (χ2v) is 6.34. The summed E-state index contributed by atoms with van der Waals surface area (Å²) < 4.78 is 5.14. The molecule has 3 rings (SSSR count). The molecule has 0 aromatic heterocycles. The molecule has 1 aliphatic heterocycles. The second kappa shape index (κ2) is 6.16. The highest BCUT2D eigenvalue weighted by Gasteiger charge is 2.57. The van der Waals surface area contributed by atoms with Crippen molar-refractivity contribution in [1.29, 1.82) is 0 Å². The van der Waals surface area contributed by atoms with Crippen molar-refractivity contribution in [2.75, 3.05) is 20.2 Å². The predicted octanol–water partition coefficient (Wildman–Crippen LogP) is 1.84. The van der Waals surface area contributed by atoms with Crippen LogP contribution in [0.3, 0.4) is 0 Å². The number of benzene rings is 1. The van der Waals surface area contributed by atoms with Gasteiger partial charge in [-0.15, -0.1) is 0 Å². The lowest BCUT2D eigenvalue weighted by atomic mass is 9.92. The molecule has 1 atom stereocenters. The molecule has 1 heterocycles. The Hall–Kier alpha value is -1.39. The number of rotatable bonds is 5. The molecule has 1 saturated heterocycles. The fourth-order valence-corrected chi connectivity index (χ4v) is 3.50. The zero-order chi connectivity index (χ0) is 14.7. The van der Waals surface area contributed by atoms with E-state index in [-0.39, 0.29) is 11.8 Å². The van der Waals surface area contributed by atoms with Crippen molar-refractivity contribution in [3.63, 3.8) is 0 Å². The smallest absolute Gasteiger partial charge is 0.223 e. The molecular formula is C17H24N2O2. The molecule has 2 fully saturated rings. The normalized spacial score (nSPS) is 23.0. The molecule has 114 valence electrons. The molecule has 0 bridgehead atoms. The Morgan fingerprint density at radius 2 is 2.14 bits per heavy atom. The highest BCUT2D eigenvalue weighted by molar-refractivity contribution is 5.82. The molecule has 1 aliphatic carbocycles. The third kappa shape index (κ3) is 3.27. The van der Waals surface area contributed by atoms with Gasteiger partial charge in [-0.25, -0.2) is 0 Å². The molecule has 1 unspecified atom stereocenters. The lowest BCUT2D eigenvalue weighted by Crippen LogP contribution is -2.33. The first-order chi connectivity index (χ1) is 10.2. The van der Waals surface area contributed by atoms with Crippen molar-refractivity contribution in [2.45, 2.75) is 32.4 Å². The first-order valence-electron chi connectivity index (χ1n) is 7.79. The summed E-state index contributed by atoms with van der Waals surface area (Å²) in [6, 6.07) is 8.20. The molecule has 2 aliphatic rings. The van der Waals surface area contributed by atoms with Gasteiger partial charge in [-0.1, -0.05) is 24.3 Å². The van der Waals surface area contributed by atoms with E-state index in [9.17, 15) is 4.79 Å². The predicted molar refractivity (Wildman–Crippen MR) is 81.6 cm³/mol. The lowest BCUT2D eigenvalue weighted by molar-refractivity contribution is -0.123. The van der Waals surface area contributed by atoms with Gasteiger partial charge in [0.25, 0.3) is 0 Å². The summed E-state index contributed by atoms with van der Waals surface area (Å²) in [4.78, 5) is 12.3. The van der Waals surface area contributed by atoms with Crippen LogP contribution in [0.1, 0.15) is 30.4 Å². The number of hydrogen-bond acceptors (Lipinski definition) is 3. The molecule has 1 aromatic carbocycles. The molecule has 1 saturated carbocycles. The molecule has 1 aromatic rings. The van der Waals surface area contributed by atoms with E-state index in [4.69, 9.17) is 4.74 Å². The molecule has 4 nitrogen and oxygen atoms in total. The summed E-state index contributed by atoms with van der Waals surface area (Å²) in [7, 11) is 1.69. The van der Waals surface area contributed by atoms with Gasteiger partial charge in [0.1, 0.15) is 0 Å². The minimum Gasteiger partial charge on any atom is -0.380 e. The van der Waals surface area contributed by atoms with Crippen molar-refractivity contribution < 1.29 is 9.53 Å². The SMILES string of the molecule is COCc1cccc(CNC(=O)C2CC23CCNCC3)c1. The van der Waals surface area contributed by atoms with E-state index < -0.39 is 0 Å². The average molecular weight is 288 g/mol.